The van der Waals surface area contributed by atoms with Gasteiger partial charge in [-0.05, 0) is 44.9 Å². The normalized spacial score (nSPS) is 13.6. The highest BCUT2D eigenvalue weighted by Crippen LogP contribution is 2.12. The summed E-state index contributed by atoms with van der Waals surface area (Å²) in [6, 6.07) is -0.639. The van der Waals surface area contributed by atoms with E-state index in [2.05, 4.69) is 43.5 Å². The monoisotopic (exact) mass is 547 g/mol. The summed E-state index contributed by atoms with van der Waals surface area (Å²) in [5.74, 6) is -0.0821. The van der Waals surface area contributed by atoms with Crippen LogP contribution in [0.1, 0.15) is 162 Å². The number of carbonyl (C=O) groups is 1. The molecule has 3 N–H and O–H groups in total. The lowest BCUT2D eigenvalue weighted by molar-refractivity contribution is -0.123. The van der Waals surface area contributed by atoms with Crippen LogP contribution < -0.4 is 5.32 Å². The topological polar surface area (TPSA) is 69.6 Å². The Morgan fingerprint density at radius 2 is 1.00 bits per heavy atom. The lowest BCUT2D eigenvalue weighted by atomic mass is 10.0. The number of hydrogen-bond acceptors (Lipinski definition) is 3. The summed E-state index contributed by atoms with van der Waals surface area (Å²) in [6.07, 6.45) is 39.3. The molecule has 0 aliphatic rings. The fraction of sp³-hybridized carbons (Fsp3) is 0.800. The van der Waals surface area contributed by atoms with E-state index in [1.54, 1.807) is 6.08 Å². The van der Waals surface area contributed by atoms with E-state index in [9.17, 15) is 15.0 Å². The van der Waals surface area contributed by atoms with Crippen LogP contribution in [0.5, 0.6) is 0 Å². The van der Waals surface area contributed by atoms with E-state index < -0.39 is 12.1 Å². The van der Waals surface area contributed by atoms with Crippen LogP contribution in [0.2, 0.25) is 0 Å². The Hall–Kier alpha value is -1.39. The van der Waals surface area contributed by atoms with Crippen molar-refractivity contribution in [3.8, 4) is 0 Å². The summed E-state index contributed by atoms with van der Waals surface area (Å²) in [5.41, 5.74) is 0. The maximum Gasteiger partial charge on any atom is 0.220 e. The Morgan fingerprint density at radius 3 is 1.49 bits per heavy atom. The molecule has 0 aliphatic heterocycles. The standard InChI is InChI=1S/C35H65NO3/c1-3-5-7-9-11-13-15-16-17-18-19-21-22-24-26-28-30-34(38)33(32-37)36-35(39)31-29-27-25-23-20-14-12-10-8-6-4-2/h16-17,21-22,28,30,33-34,37-38H,3-15,18-20,23-27,29,31-32H2,1-2H3,(H,36,39)/b17-16+,22-21+,30-28+. The van der Waals surface area contributed by atoms with Gasteiger partial charge in [0.2, 0.25) is 5.91 Å². The van der Waals surface area contributed by atoms with Crippen LogP contribution in [-0.4, -0.2) is 34.9 Å². The van der Waals surface area contributed by atoms with Gasteiger partial charge in [0.15, 0.2) is 0 Å². The molecule has 0 bridgehead atoms. The molecule has 0 aromatic heterocycles. The molecule has 0 aromatic rings. The predicted molar refractivity (Wildman–Crippen MR) is 170 cm³/mol. The summed E-state index contributed by atoms with van der Waals surface area (Å²) in [5, 5.41) is 22.8. The second-order valence-corrected chi connectivity index (χ2v) is 11.2. The summed E-state index contributed by atoms with van der Waals surface area (Å²) < 4.78 is 0. The van der Waals surface area contributed by atoms with Gasteiger partial charge >= 0.3 is 0 Å². The Balaban J connectivity index is 3.75. The van der Waals surface area contributed by atoms with Crippen LogP contribution in [0.3, 0.4) is 0 Å². The van der Waals surface area contributed by atoms with E-state index in [0.717, 1.165) is 38.5 Å². The van der Waals surface area contributed by atoms with Crippen LogP contribution in [0.4, 0.5) is 0 Å². The highest BCUT2D eigenvalue weighted by atomic mass is 16.3. The van der Waals surface area contributed by atoms with E-state index in [0.29, 0.717) is 6.42 Å². The van der Waals surface area contributed by atoms with Crippen LogP contribution in [-0.2, 0) is 4.79 Å². The molecule has 0 aromatic carbocycles. The lowest BCUT2D eigenvalue weighted by Gasteiger charge is -2.19. The van der Waals surface area contributed by atoms with Crippen molar-refractivity contribution >= 4 is 5.91 Å². The largest absolute Gasteiger partial charge is 0.394 e. The van der Waals surface area contributed by atoms with Crippen molar-refractivity contribution in [1.82, 2.24) is 5.32 Å². The Bertz CT molecular complexity index is 599. The molecule has 2 atom stereocenters. The first kappa shape index (κ1) is 37.6. The number of amides is 1. The third kappa shape index (κ3) is 28.0. The molecule has 0 spiro atoms. The minimum atomic E-state index is -0.864. The molecule has 228 valence electrons. The summed E-state index contributed by atoms with van der Waals surface area (Å²) in [7, 11) is 0. The molecule has 2 unspecified atom stereocenters. The molecule has 0 aliphatic carbocycles. The molecular weight excluding hydrogens is 482 g/mol. The van der Waals surface area contributed by atoms with Gasteiger partial charge in [0.05, 0.1) is 18.8 Å². The van der Waals surface area contributed by atoms with E-state index >= 15 is 0 Å². The van der Waals surface area contributed by atoms with Crippen molar-refractivity contribution in [2.75, 3.05) is 6.61 Å². The summed E-state index contributed by atoms with van der Waals surface area (Å²) in [4.78, 5) is 12.2. The number of aliphatic hydroxyl groups is 2. The molecule has 0 heterocycles. The molecule has 0 saturated carbocycles. The third-order valence-corrected chi connectivity index (χ3v) is 7.35. The first-order valence-corrected chi connectivity index (χ1v) is 16.7. The molecule has 39 heavy (non-hydrogen) atoms. The number of aliphatic hydroxyl groups excluding tert-OH is 2. The first-order chi connectivity index (χ1) is 19.2. The second kappa shape index (κ2) is 31.1. The average Bonchev–Trinajstić information content (AvgIpc) is 2.94. The SMILES string of the molecule is CCCCCCCC/C=C/CC/C=C/CC/C=C/C(O)C(CO)NC(=O)CCCCCCCCCCCCC. The predicted octanol–water partition coefficient (Wildman–Crippen LogP) is 9.51. The first-order valence-electron chi connectivity index (χ1n) is 16.7. The maximum atomic E-state index is 12.2. The highest BCUT2D eigenvalue weighted by molar-refractivity contribution is 5.76. The van der Waals surface area contributed by atoms with Gasteiger partial charge in [0.1, 0.15) is 0 Å². The minimum absolute atomic E-state index is 0.0821. The van der Waals surface area contributed by atoms with Crippen LogP contribution in [0, 0.1) is 0 Å². The van der Waals surface area contributed by atoms with Crippen LogP contribution >= 0.6 is 0 Å². The van der Waals surface area contributed by atoms with Gasteiger partial charge < -0.3 is 15.5 Å². The van der Waals surface area contributed by atoms with E-state index in [1.807, 2.05) is 6.08 Å². The lowest BCUT2D eigenvalue weighted by Crippen LogP contribution is -2.45. The molecule has 0 radical (unpaired) electrons. The molecule has 1 amide bonds. The molecule has 4 nitrogen and oxygen atoms in total. The van der Waals surface area contributed by atoms with Gasteiger partial charge in [-0.3, -0.25) is 4.79 Å². The van der Waals surface area contributed by atoms with Crippen LogP contribution in [0.15, 0.2) is 36.5 Å². The Morgan fingerprint density at radius 1 is 0.590 bits per heavy atom. The quantitative estimate of drug-likeness (QED) is 0.0645. The van der Waals surface area contributed by atoms with Crippen molar-refractivity contribution < 1.29 is 15.0 Å². The number of allylic oxidation sites excluding steroid dienone is 5. The minimum Gasteiger partial charge on any atom is -0.394 e. The van der Waals surface area contributed by atoms with Crippen molar-refractivity contribution in [2.24, 2.45) is 0 Å². The number of rotatable bonds is 29. The Labute approximate surface area is 242 Å². The van der Waals surface area contributed by atoms with Gasteiger partial charge in [-0.25, -0.2) is 0 Å². The van der Waals surface area contributed by atoms with Gasteiger partial charge in [-0.2, -0.15) is 0 Å². The van der Waals surface area contributed by atoms with Crippen molar-refractivity contribution in [3.05, 3.63) is 36.5 Å². The third-order valence-electron chi connectivity index (χ3n) is 7.35. The molecule has 4 heteroatoms. The fourth-order valence-corrected chi connectivity index (χ4v) is 4.74. The summed E-state index contributed by atoms with van der Waals surface area (Å²) in [6.45, 7) is 4.25. The second-order valence-electron chi connectivity index (χ2n) is 11.2. The van der Waals surface area contributed by atoms with E-state index in [-0.39, 0.29) is 12.5 Å². The maximum absolute atomic E-state index is 12.2. The van der Waals surface area contributed by atoms with E-state index in [1.165, 1.54) is 103 Å². The van der Waals surface area contributed by atoms with Gasteiger partial charge in [-0.1, -0.05) is 147 Å². The van der Waals surface area contributed by atoms with Crippen LogP contribution in [0.25, 0.3) is 0 Å². The van der Waals surface area contributed by atoms with Crippen molar-refractivity contribution in [2.45, 2.75) is 174 Å². The van der Waals surface area contributed by atoms with Crippen molar-refractivity contribution in [3.63, 3.8) is 0 Å². The number of hydrogen-bond donors (Lipinski definition) is 3. The van der Waals surface area contributed by atoms with Crippen molar-refractivity contribution in [1.29, 1.82) is 0 Å². The molecule has 0 fully saturated rings. The van der Waals surface area contributed by atoms with Gasteiger partial charge in [-0.15, -0.1) is 0 Å². The highest BCUT2D eigenvalue weighted by Gasteiger charge is 2.17. The van der Waals surface area contributed by atoms with Gasteiger partial charge in [0, 0.05) is 6.42 Å². The number of carbonyl (C=O) groups excluding carboxylic acids is 1. The smallest absolute Gasteiger partial charge is 0.220 e. The van der Waals surface area contributed by atoms with E-state index in [4.69, 9.17) is 0 Å². The Kier molecular flexibility index (Phi) is 30.0. The zero-order chi connectivity index (χ0) is 28.7. The molecular formula is C35H65NO3. The number of nitrogens with one attached hydrogen (secondary N) is 1. The zero-order valence-electron chi connectivity index (χ0n) is 25.9. The molecule has 0 saturated heterocycles. The zero-order valence-corrected chi connectivity index (χ0v) is 25.9. The average molecular weight is 548 g/mol. The van der Waals surface area contributed by atoms with Gasteiger partial charge in [0.25, 0.3) is 0 Å². The fourth-order valence-electron chi connectivity index (χ4n) is 4.74. The summed E-state index contributed by atoms with van der Waals surface area (Å²) >= 11 is 0. The molecule has 0 rings (SSSR count). The number of unbranched alkanes of at least 4 members (excludes halogenated alkanes) is 18.